The second-order valence-corrected chi connectivity index (χ2v) is 13.8. The van der Waals surface area contributed by atoms with Crippen molar-refractivity contribution in [1.82, 2.24) is 20.1 Å². The average Bonchev–Trinajstić information content (AvgIpc) is 3.40. The van der Waals surface area contributed by atoms with Crippen molar-refractivity contribution in [2.75, 3.05) is 29.6 Å². The minimum Gasteiger partial charge on any atom is -0.493 e. The third-order valence-corrected chi connectivity index (χ3v) is 8.49. The van der Waals surface area contributed by atoms with Crippen LogP contribution in [-0.4, -0.2) is 43.2 Å². The lowest BCUT2D eigenvalue weighted by molar-refractivity contribution is 0.240. The maximum absolute atomic E-state index is 12.3. The summed E-state index contributed by atoms with van der Waals surface area (Å²) in [6.07, 6.45) is 3.78. The summed E-state index contributed by atoms with van der Waals surface area (Å²) in [5.41, 5.74) is 8.97. The van der Waals surface area contributed by atoms with Crippen molar-refractivity contribution in [3.05, 3.63) is 53.6 Å². The standard InChI is InChI=1S/C29H42N6O4S2/c1-8-28(3,4)21-14-15-24(23(19-21)29(5,6)9-2)39-17-11-16-30-26(36)32-33-27-31-25(34-40-27)20-12-10-13-22(18-20)35-41(7,37)38/h10,12-15,18-19,35H,8-9,11,16-17H2,1-7H3,(H2,30,32,36)(H,31,33,34). The van der Waals surface area contributed by atoms with Gasteiger partial charge in [0.25, 0.3) is 0 Å². The maximum Gasteiger partial charge on any atom is 0.333 e. The molecule has 0 bridgehead atoms. The highest BCUT2D eigenvalue weighted by atomic mass is 32.2. The number of hydrogen-bond donors (Lipinski definition) is 4. The number of hydrogen-bond acceptors (Lipinski definition) is 8. The lowest BCUT2D eigenvalue weighted by Gasteiger charge is -2.30. The fourth-order valence-corrected chi connectivity index (χ4v) is 5.04. The molecule has 0 unspecified atom stereocenters. The molecule has 41 heavy (non-hydrogen) atoms. The number of aromatic nitrogens is 2. The Kier molecular flexibility index (Phi) is 10.6. The van der Waals surface area contributed by atoms with Gasteiger partial charge in [-0.2, -0.15) is 9.36 Å². The molecule has 2 aromatic carbocycles. The molecule has 0 saturated carbocycles. The van der Waals surface area contributed by atoms with E-state index in [4.69, 9.17) is 4.74 Å². The van der Waals surface area contributed by atoms with Crippen molar-refractivity contribution in [3.8, 4) is 17.1 Å². The van der Waals surface area contributed by atoms with Crippen LogP contribution in [0.3, 0.4) is 0 Å². The number of sulfonamides is 1. The highest BCUT2D eigenvalue weighted by Gasteiger charge is 2.26. The van der Waals surface area contributed by atoms with Crippen molar-refractivity contribution in [2.24, 2.45) is 0 Å². The van der Waals surface area contributed by atoms with Crippen LogP contribution in [0, 0.1) is 0 Å². The molecule has 0 atom stereocenters. The number of rotatable bonds is 14. The second-order valence-electron chi connectivity index (χ2n) is 11.3. The van der Waals surface area contributed by atoms with Gasteiger partial charge in [-0.15, -0.1) is 0 Å². The summed E-state index contributed by atoms with van der Waals surface area (Å²) < 4.78 is 35.8. The molecular formula is C29H42N6O4S2. The number of anilines is 2. The molecule has 4 N–H and O–H groups in total. The maximum atomic E-state index is 12.3. The van der Waals surface area contributed by atoms with Gasteiger partial charge in [0, 0.05) is 34.9 Å². The zero-order chi connectivity index (χ0) is 30.3. The van der Waals surface area contributed by atoms with E-state index in [0.29, 0.717) is 41.8 Å². The number of nitrogens with one attached hydrogen (secondary N) is 4. The van der Waals surface area contributed by atoms with Gasteiger partial charge in [-0.05, 0) is 53.9 Å². The van der Waals surface area contributed by atoms with E-state index < -0.39 is 16.1 Å². The first kappa shape index (κ1) is 32.1. The smallest absolute Gasteiger partial charge is 0.333 e. The van der Waals surface area contributed by atoms with E-state index in [1.807, 2.05) is 0 Å². The highest BCUT2D eigenvalue weighted by Crippen LogP contribution is 2.38. The van der Waals surface area contributed by atoms with Gasteiger partial charge in [-0.1, -0.05) is 65.8 Å². The van der Waals surface area contributed by atoms with Crippen molar-refractivity contribution >= 4 is 38.4 Å². The summed E-state index contributed by atoms with van der Waals surface area (Å²) in [6, 6.07) is 12.9. The van der Waals surface area contributed by atoms with Crippen LogP contribution in [-0.2, 0) is 20.9 Å². The van der Waals surface area contributed by atoms with E-state index in [9.17, 15) is 13.2 Å². The summed E-state index contributed by atoms with van der Waals surface area (Å²) in [4.78, 5) is 16.6. The first-order valence-electron chi connectivity index (χ1n) is 13.7. The average molecular weight is 603 g/mol. The number of hydrazine groups is 1. The Morgan fingerprint density at radius 1 is 1.02 bits per heavy atom. The predicted molar refractivity (Wildman–Crippen MR) is 167 cm³/mol. The first-order valence-corrected chi connectivity index (χ1v) is 16.4. The molecule has 0 aliphatic carbocycles. The number of ether oxygens (including phenoxy) is 1. The molecule has 12 heteroatoms. The van der Waals surface area contributed by atoms with E-state index in [2.05, 4.69) is 90.0 Å². The highest BCUT2D eigenvalue weighted by molar-refractivity contribution is 7.92. The summed E-state index contributed by atoms with van der Waals surface area (Å²) in [5.74, 6) is 1.30. The fraction of sp³-hybridized carbons (Fsp3) is 0.483. The van der Waals surface area contributed by atoms with Crippen molar-refractivity contribution in [1.29, 1.82) is 0 Å². The Labute approximate surface area is 247 Å². The minimum absolute atomic E-state index is 0.0145. The van der Waals surface area contributed by atoms with Crippen LogP contribution < -0.4 is 25.6 Å². The monoisotopic (exact) mass is 602 g/mol. The molecule has 2 amide bonds. The molecule has 0 fully saturated rings. The molecule has 1 aromatic heterocycles. The minimum atomic E-state index is -3.39. The number of nitrogens with zero attached hydrogens (tertiary/aromatic N) is 2. The van der Waals surface area contributed by atoms with E-state index in [-0.39, 0.29) is 10.8 Å². The Balaban J connectivity index is 1.47. The van der Waals surface area contributed by atoms with Gasteiger partial charge in [0.05, 0.1) is 12.9 Å². The van der Waals surface area contributed by atoms with Crippen LogP contribution >= 0.6 is 11.5 Å². The Hall–Kier alpha value is -3.38. The van der Waals surface area contributed by atoms with Crippen molar-refractivity contribution in [2.45, 2.75) is 71.6 Å². The Morgan fingerprint density at radius 3 is 2.44 bits per heavy atom. The number of carbonyl (C=O) groups is 1. The molecule has 0 saturated heterocycles. The van der Waals surface area contributed by atoms with Gasteiger partial charge in [-0.25, -0.2) is 18.6 Å². The van der Waals surface area contributed by atoms with Gasteiger partial charge in [0.15, 0.2) is 5.82 Å². The molecule has 0 radical (unpaired) electrons. The molecule has 3 aromatic rings. The second kappa shape index (κ2) is 13.5. The van der Waals surface area contributed by atoms with Crippen LogP contribution in [0.2, 0.25) is 0 Å². The molecule has 10 nitrogen and oxygen atoms in total. The van der Waals surface area contributed by atoms with Crippen LogP contribution in [0.4, 0.5) is 15.6 Å². The Bertz CT molecular complexity index is 1440. The zero-order valence-corrected chi connectivity index (χ0v) is 26.6. The largest absolute Gasteiger partial charge is 0.493 e. The SMILES string of the molecule is CCC(C)(C)c1ccc(OCCCNC(=O)NNc2nc(-c3cccc(NS(C)(=O)=O)c3)ns2)c(C(C)(C)CC)c1. The zero-order valence-electron chi connectivity index (χ0n) is 24.9. The number of benzene rings is 2. The predicted octanol–water partition coefficient (Wildman–Crippen LogP) is 6.05. The molecule has 0 aliphatic rings. The van der Waals surface area contributed by atoms with E-state index in [0.717, 1.165) is 36.4 Å². The van der Waals surface area contributed by atoms with Crippen LogP contribution in [0.25, 0.3) is 11.4 Å². The Morgan fingerprint density at radius 2 is 1.76 bits per heavy atom. The molecule has 0 spiro atoms. The third-order valence-electron chi connectivity index (χ3n) is 7.26. The number of carbonyl (C=O) groups excluding carboxylic acids is 1. The van der Waals surface area contributed by atoms with Crippen molar-refractivity contribution < 1.29 is 17.9 Å². The lowest BCUT2D eigenvalue weighted by atomic mass is 9.76. The molecule has 0 aliphatic heterocycles. The fourth-order valence-electron chi connectivity index (χ4n) is 3.94. The first-order chi connectivity index (χ1) is 19.2. The summed E-state index contributed by atoms with van der Waals surface area (Å²) >= 11 is 1.07. The summed E-state index contributed by atoms with van der Waals surface area (Å²) in [7, 11) is -3.39. The van der Waals surface area contributed by atoms with E-state index in [1.165, 1.54) is 11.1 Å². The van der Waals surface area contributed by atoms with Gasteiger partial charge in [-0.3, -0.25) is 10.1 Å². The van der Waals surface area contributed by atoms with Gasteiger partial charge < -0.3 is 10.1 Å². The molecule has 3 rings (SSSR count). The quantitative estimate of drug-likeness (QED) is 0.130. The summed E-state index contributed by atoms with van der Waals surface area (Å²) in [6.45, 7) is 14.3. The molecule has 1 heterocycles. The van der Waals surface area contributed by atoms with Crippen LogP contribution in [0.1, 0.15) is 71.9 Å². The lowest BCUT2D eigenvalue weighted by Crippen LogP contribution is -2.39. The number of urea groups is 1. The normalized spacial score (nSPS) is 12.1. The van der Waals surface area contributed by atoms with Gasteiger partial charge >= 0.3 is 6.03 Å². The van der Waals surface area contributed by atoms with Crippen molar-refractivity contribution in [3.63, 3.8) is 0 Å². The topological polar surface area (TPSA) is 134 Å². The summed E-state index contributed by atoms with van der Waals surface area (Å²) in [5, 5.41) is 3.19. The van der Waals surface area contributed by atoms with Crippen LogP contribution in [0.15, 0.2) is 42.5 Å². The third kappa shape index (κ3) is 9.32. The van der Waals surface area contributed by atoms with Gasteiger partial charge in [0.2, 0.25) is 15.2 Å². The van der Waals surface area contributed by atoms with Gasteiger partial charge in [0.1, 0.15) is 5.75 Å². The van der Waals surface area contributed by atoms with E-state index >= 15 is 0 Å². The molecule has 224 valence electrons. The van der Waals surface area contributed by atoms with E-state index in [1.54, 1.807) is 24.3 Å². The van der Waals surface area contributed by atoms with Crippen LogP contribution in [0.5, 0.6) is 5.75 Å². The molecular weight excluding hydrogens is 560 g/mol. The number of amides is 2.